The lowest BCUT2D eigenvalue weighted by molar-refractivity contribution is -0.124. The number of hydrogen-bond acceptors (Lipinski definition) is 4. The molecule has 28 heavy (non-hydrogen) atoms. The van der Waals surface area contributed by atoms with Crippen molar-refractivity contribution in [1.29, 1.82) is 0 Å². The largest absolute Gasteiger partial charge is 0.354 e. The molecule has 2 aliphatic carbocycles. The molecule has 4 rings (SSSR count). The van der Waals surface area contributed by atoms with E-state index in [0.29, 0.717) is 23.8 Å². The number of hydrogen-bond donors (Lipinski definition) is 1. The summed E-state index contributed by atoms with van der Waals surface area (Å²) in [6, 6.07) is 7.81. The average Bonchev–Trinajstić information content (AvgIpc) is 3.35. The molecule has 3 fully saturated rings. The molecular weight excluding hydrogens is 372 g/mol. The van der Waals surface area contributed by atoms with Crippen LogP contribution in [0.1, 0.15) is 43.2 Å². The molecule has 3 amide bonds. The quantitative estimate of drug-likeness (QED) is 0.736. The van der Waals surface area contributed by atoms with E-state index in [1.165, 1.54) is 30.6 Å². The number of nitrogens with one attached hydrogen (secondary N) is 1. The van der Waals surface area contributed by atoms with E-state index in [4.69, 9.17) is 0 Å². The summed E-state index contributed by atoms with van der Waals surface area (Å²) in [5, 5.41) is 2.62. The molecule has 2 bridgehead atoms. The van der Waals surface area contributed by atoms with Crippen molar-refractivity contribution in [2.24, 2.45) is 17.8 Å². The molecule has 1 heterocycles. The minimum Gasteiger partial charge on any atom is -0.354 e. The standard InChI is InChI=1S/C22H26N2O3S/c1-14-2-4-15(5-3-14)12-19-21(26)24(22(27)28-19)9-8-23-20(25)13-18-11-16-6-7-17(18)10-16/h2-5,12,16-18H,6-11,13H2,1H3,(H,23,25)/b19-12-. The molecule has 3 atom stereocenters. The van der Waals surface area contributed by atoms with Crippen LogP contribution in [0, 0.1) is 24.7 Å². The summed E-state index contributed by atoms with van der Waals surface area (Å²) in [6.45, 7) is 2.54. The van der Waals surface area contributed by atoms with Gasteiger partial charge in [-0.05, 0) is 67.3 Å². The van der Waals surface area contributed by atoms with E-state index in [2.05, 4.69) is 5.32 Å². The van der Waals surface area contributed by atoms with Crippen LogP contribution in [-0.2, 0) is 9.59 Å². The first-order valence-electron chi connectivity index (χ1n) is 10.1. The van der Waals surface area contributed by atoms with Gasteiger partial charge in [0.15, 0.2) is 0 Å². The predicted molar refractivity (Wildman–Crippen MR) is 110 cm³/mol. The van der Waals surface area contributed by atoms with Gasteiger partial charge >= 0.3 is 0 Å². The topological polar surface area (TPSA) is 66.5 Å². The lowest BCUT2D eigenvalue weighted by Crippen LogP contribution is -2.38. The molecular formula is C22H26N2O3S. The highest BCUT2D eigenvalue weighted by Gasteiger charge is 2.40. The molecule has 1 saturated heterocycles. The van der Waals surface area contributed by atoms with E-state index in [-0.39, 0.29) is 23.6 Å². The Morgan fingerprint density at radius 3 is 2.68 bits per heavy atom. The summed E-state index contributed by atoms with van der Waals surface area (Å²) < 4.78 is 0. The van der Waals surface area contributed by atoms with Crippen molar-refractivity contribution in [3.8, 4) is 0 Å². The lowest BCUT2D eigenvalue weighted by Gasteiger charge is -2.21. The molecule has 6 heteroatoms. The second-order valence-corrected chi connectivity index (χ2v) is 9.23. The maximum atomic E-state index is 12.5. The zero-order valence-corrected chi connectivity index (χ0v) is 17.0. The van der Waals surface area contributed by atoms with Crippen molar-refractivity contribution < 1.29 is 14.4 Å². The molecule has 5 nitrogen and oxygen atoms in total. The third kappa shape index (κ3) is 4.17. The maximum Gasteiger partial charge on any atom is 0.293 e. The number of amides is 3. The van der Waals surface area contributed by atoms with Crippen LogP contribution in [0.2, 0.25) is 0 Å². The van der Waals surface area contributed by atoms with Crippen molar-refractivity contribution in [3.05, 3.63) is 40.3 Å². The predicted octanol–water partition coefficient (Wildman–Crippen LogP) is 3.97. The summed E-state index contributed by atoms with van der Waals surface area (Å²) in [4.78, 5) is 38.6. The van der Waals surface area contributed by atoms with Crippen LogP contribution in [0.4, 0.5) is 4.79 Å². The third-order valence-electron chi connectivity index (χ3n) is 6.24. The van der Waals surface area contributed by atoms with E-state index in [9.17, 15) is 14.4 Å². The normalized spacial score (nSPS) is 27.8. The first kappa shape index (κ1) is 19.2. The van der Waals surface area contributed by atoms with Crippen molar-refractivity contribution >= 4 is 34.9 Å². The van der Waals surface area contributed by atoms with E-state index >= 15 is 0 Å². The summed E-state index contributed by atoms with van der Waals surface area (Å²) in [5.74, 6) is 1.84. The van der Waals surface area contributed by atoms with E-state index < -0.39 is 0 Å². The minimum absolute atomic E-state index is 0.0414. The monoisotopic (exact) mass is 398 g/mol. The summed E-state index contributed by atoms with van der Waals surface area (Å²) in [7, 11) is 0. The number of rotatable bonds is 6. The lowest BCUT2D eigenvalue weighted by atomic mass is 9.86. The number of carbonyl (C=O) groups excluding carboxylic acids is 3. The molecule has 3 aliphatic rings. The Bertz CT molecular complexity index is 818. The summed E-state index contributed by atoms with van der Waals surface area (Å²) >= 11 is 0.960. The second-order valence-electron chi connectivity index (χ2n) is 8.23. The van der Waals surface area contributed by atoms with Crippen LogP contribution in [0.5, 0.6) is 0 Å². The van der Waals surface area contributed by atoms with Crippen LogP contribution in [0.25, 0.3) is 6.08 Å². The van der Waals surface area contributed by atoms with Crippen LogP contribution >= 0.6 is 11.8 Å². The number of thioether (sulfide) groups is 1. The number of fused-ring (bicyclic) bond motifs is 2. The molecule has 3 unspecified atom stereocenters. The van der Waals surface area contributed by atoms with Gasteiger partial charge in [-0.3, -0.25) is 19.3 Å². The Balaban J connectivity index is 1.26. The van der Waals surface area contributed by atoms with Gasteiger partial charge in [0.1, 0.15) is 0 Å². The number of benzene rings is 1. The van der Waals surface area contributed by atoms with Crippen molar-refractivity contribution in [2.75, 3.05) is 13.1 Å². The van der Waals surface area contributed by atoms with Crippen LogP contribution < -0.4 is 5.32 Å². The molecule has 2 saturated carbocycles. The fourth-order valence-electron chi connectivity index (χ4n) is 4.75. The van der Waals surface area contributed by atoms with E-state index in [1.807, 2.05) is 31.2 Å². The van der Waals surface area contributed by atoms with Gasteiger partial charge in [-0.2, -0.15) is 0 Å². The highest BCUT2D eigenvalue weighted by atomic mass is 32.2. The third-order valence-corrected chi connectivity index (χ3v) is 7.15. The number of aryl methyl sites for hydroxylation is 1. The Hall–Kier alpha value is -2.08. The fourth-order valence-corrected chi connectivity index (χ4v) is 5.62. The number of imide groups is 1. The molecule has 0 radical (unpaired) electrons. The van der Waals surface area contributed by atoms with Gasteiger partial charge < -0.3 is 5.32 Å². The van der Waals surface area contributed by atoms with Gasteiger partial charge in [0, 0.05) is 19.5 Å². The van der Waals surface area contributed by atoms with Gasteiger partial charge in [-0.25, -0.2) is 0 Å². The summed E-state index contributed by atoms with van der Waals surface area (Å²) in [6.07, 6.45) is 7.41. The molecule has 0 aromatic heterocycles. The first-order valence-corrected chi connectivity index (χ1v) is 10.9. The Kier molecular flexibility index (Phi) is 5.58. The Morgan fingerprint density at radius 1 is 1.21 bits per heavy atom. The molecule has 1 N–H and O–H groups in total. The van der Waals surface area contributed by atoms with E-state index in [0.717, 1.165) is 34.7 Å². The second kappa shape index (κ2) is 8.11. The van der Waals surface area contributed by atoms with Gasteiger partial charge in [0.2, 0.25) is 5.91 Å². The van der Waals surface area contributed by atoms with Gasteiger partial charge in [-0.15, -0.1) is 0 Å². The minimum atomic E-state index is -0.280. The molecule has 1 aliphatic heterocycles. The van der Waals surface area contributed by atoms with Crippen LogP contribution in [-0.4, -0.2) is 35.0 Å². The molecule has 1 aromatic rings. The van der Waals surface area contributed by atoms with Crippen molar-refractivity contribution in [3.63, 3.8) is 0 Å². The maximum absolute atomic E-state index is 12.5. The first-order chi connectivity index (χ1) is 13.5. The van der Waals surface area contributed by atoms with Gasteiger partial charge in [0.05, 0.1) is 4.91 Å². The van der Waals surface area contributed by atoms with E-state index in [1.54, 1.807) is 6.08 Å². The SMILES string of the molecule is Cc1ccc(/C=C2\SC(=O)N(CCNC(=O)CC3CC4CCC3C4)C2=O)cc1. The summed E-state index contributed by atoms with van der Waals surface area (Å²) in [5.41, 5.74) is 2.04. The molecule has 148 valence electrons. The Morgan fingerprint density at radius 2 is 2.00 bits per heavy atom. The highest BCUT2D eigenvalue weighted by Crippen LogP contribution is 2.49. The number of carbonyl (C=O) groups is 3. The fraction of sp³-hybridized carbons (Fsp3) is 0.500. The van der Waals surface area contributed by atoms with Gasteiger partial charge in [-0.1, -0.05) is 36.2 Å². The average molecular weight is 399 g/mol. The molecule has 1 aromatic carbocycles. The smallest absolute Gasteiger partial charge is 0.293 e. The number of nitrogens with zero attached hydrogens (tertiary/aromatic N) is 1. The van der Waals surface area contributed by atoms with Crippen molar-refractivity contribution in [1.82, 2.24) is 10.2 Å². The Labute approximate surface area is 169 Å². The van der Waals surface area contributed by atoms with Gasteiger partial charge in [0.25, 0.3) is 11.1 Å². The van der Waals surface area contributed by atoms with Crippen LogP contribution in [0.3, 0.4) is 0 Å². The molecule has 0 spiro atoms. The zero-order chi connectivity index (χ0) is 19.7. The zero-order valence-electron chi connectivity index (χ0n) is 16.1. The highest BCUT2D eigenvalue weighted by molar-refractivity contribution is 8.18. The van der Waals surface area contributed by atoms with Crippen LogP contribution in [0.15, 0.2) is 29.2 Å². The van der Waals surface area contributed by atoms with Crippen molar-refractivity contribution in [2.45, 2.75) is 39.0 Å².